The van der Waals surface area contributed by atoms with Gasteiger partial charge in [-0.15, -0.1) is 0 Å². The molecule has 1 heterocycles. The van der Waals surface area contributed by atoms with E-state index in [1.807, 2.05) is 0 Å². The highest BCUT2D eigenvalue weighted by atomic mass is 16.2. The molecule has 0 radical (unpaired) electrons. The fourth-order valence-electron chi connectivity index (χ4n) is 1.26. The van der Waals surface area contributed by atoms with Gasteiger partial charge in [-0.1, -0.05) is 0 Å². The summed E-state index contributed by atoms with van der Waals surface area (Å²) in [5, 5.41) is 8.50. The van der Waals surface area contributed by atoms with Gasteiger partial charge in [0.2, 0.25) is 0 Å². The minimum atomic E-state index is 0.352. The molecule has 2 nitrogen and oxygen atoms in total. The van der Waals surface area contributed by atoms with Crippen LogP contribution in [0.15, 0.2) is 0 Å². The number of rotatable bonds is 3. The van der Waals surface area contributed by atoms with E-state index in [-0.39, 0.29) is 0 Å². The van der Waals surface area contributed by atoms with Gasteiger partial charge in [0.15, 0.2) is 0 Å². The molecule has 0 aliphatic carbocycles. The second-order valence-corrected chi connectivity index (χ2v) is 2.79. The Morgan fingerprint density at radius 3 is 2.78 bits per heavy atom. The molecular formula is C7H15NO. The van der Waals surface area contributed by atoms with Gasteiger partial charge in [-0.05, 0) is 32.9 Å². The van der Waals surface area contributed by atoms with E-state index in [4.69, 9.17) is 5.11 Å². The normalized spacial score (nSPS) is 28.0. The highest BCUT2D eigenvalue weighted by molar-refractivity contribution is 4.78. The molecule has 1 N–H and O–H groups in total. The molecule has 1 unspecified atom stereocenters. The molecule has 0 bridgehead atoms. The van der Waals surface area contributed by atoms with E-state index in [9.17, 15) is 0 Å². The van der Waals surface area contributed by atoms with Crippen LogP contribution in [0.5, 0.6) is 0 Å². The van der Waals surface area contributed by atoms with Crippen molar-refractivity contribution in [3.8, 4) is 0 Å². The molecule has 1 rings (SSSR count). The topological polar surface area (TPSA) is 23.5 Å². The lowest BCUT2D eigenvalue weighted by atomic mass is 9.99. The van der Waals surface area contributed by atoms with Crippen LogP contribution in [-0.2, 0) is 0 Å². The third-order valence-corrected chi connectivity index (χ3v) is 2.13. The number of hydrogen-bond donors (Lipinski definition) is 1. The second kappa shape index (κ2) is 3.18. The molecule has 1 aliphatic heterocycles. The van der Waals surface area contributed by atoms with Crippen molar-refractivity contribution >= 4 is 0 Å². The van der Waals surface area contributed by atoms with E-state index < -0.39 is 0 Å². The summed E-state index contributed by atoms with van der Waals surface area (Å²) in [5.41, 5.74) is 0. The first kappa shape index (κ1) is 7.03. The number of aliphatic hydroxyl groups excluding tert-OH is 1. The van der Waals surface area contributed by atoms with Crippen LogP contribution in [0, 0.1) is 0 Å². The summed E-state index contributed by atoms with van der Waals surface area (Å²) >= 11 is 0. The van der Waals surface area contributed by atoms with Crippen LogP contribution in [0.4, 0.5) is 0 Å². The van der Waals surface area contributed by atoms with Gasteiger partial charge in [-0.3, -0.25) is 0 Å². The van der Waals surface area contributed by atoms with Crippen LogP contribution in [-0.4, -0.2) is 36.2 Å². The summed E-state index contributed by atoms with van der Waals surface area (Å²) in [6.07, 6.45) is 3.47. The molecule has 1 fully saturated rings. The summed E-state index contributed by atoms with van der Waals surface area (Å²) in [5.74, 6) is 0. The summed E-state index contributed by atoms with van der Waals surface area (Å²) in [4.78, 5) is 2.34. The number of aliphatic hydroxyl groups is 1. The Bertz CT molecular complexity index is 85.0. The Labute approximate surface area is 56.5 Å². The maximum absolute atomic E-state index is 8.50. The highest BCUT2D eigenvalue weighted by Gasteiger charge is 2.22. The largest absolute Gasteiger partial charge is 0.396 e. The van der Waals surface area contributed by atoms with Gasteiger partial charge in [0.05, 0.1) is 0 Å². The molecule has 0 saturated carbocycles. The summed E-state index contributed by atoms with van der Waals surface area (Å²) < 4.78 is 0. The Balaban J connectivity index is 1.99. The predicted molar refractivity (Wildman–Crippen MR) is 37.4 cm³/mol. The van der Waals surface area contributed by atoms with Crippen molar-refractivity contribution in [2.24, 2.45) is 0 Å². The Morgan fingerprint density at radius 2 is 2.44 bits per heavy atom. The molecule has 0 spiro atoms. The van der Waals surface area contributed by atoms with Crippen LogP contribution in [0.25, 0.3) is 0 Å². The predicted octanol–water partition coefficient (Wildman–Crippen LogP) is 0.463. The average Bonchev–Trinajstić information content (AvgIpc) is 1.86. The van der Waals surface area contributed by atoms with Crippen LogP contribution in [0.3, 0.4) is 0 Å². The zero-order chi connectivity index (χ0) is 6.69. The van der Waals surface area contributed by atoms with Gasteiger partial charge < -0.3 is 10.0 Å². The molecule has 0 aromatic rings. The van der Waals surface area contributed by atoms with Gasteiger partial charge in [0.25, 0.3) is 0 Å². The van der Waals surface area contributed by atoms with Crippen molar-refractivity contribution in [3.05, 3.63) is 0 Å². The van der Waals surface area contributed by atoms with Crippen molar-refractivity contribution in [2.45, 2.75) is 25.3 Å². The van der Waals surface area contributed by atoms with Crippen LogP contribution < -0.4 is 0 Å². The van der Waals surface area contributed by atoms with E-state index in [1.54, 1.807) is 0 Å². The molecule has 0 aromatic carbocycles. The van der Waals surface area contributed by atoms with Crippen molar-refractivity contribution in [1.82, 2.24) is 4.90 Å². The first-order valence-electron chi connectivity index (χ1n) is 3.65. The first-order valence-corrected chi connectivity index (χ1v) is 3.65. The van der Waals surface area contributed by atoms with Gasteiger partial charge >= 0.3 is 0 Å². The van der Waals surface area contributed by atoms with Gasteiger partial charge in [-0.2, -0.15) is 0 Å². The maximum atomic E-state index is 8.50. The molecule has 0 aromatic heterocycles. The Hall–Kier alpha value is -0.0800. The molecule has 0 amide bonds. The quantitative estimate of drug-likeness (QED) is 0.598. The fraction of sp³-hybridized carbons (Fsp3) is 1.00. The van der Waals surface area contributed by atoms with Crippen molar-refractivity contribution in [3.63, 3.8) is 0 Å². The lowest BCUT2D eigenvalue weighted by molar-refractivity contribution is 0.110. The zero-order valence-corrected chi connectivity index (χ0v) is 6.01. The average molecular weight is 129 g/mol. The minimum Gasteiger partial charge on any atom is -0.396 e. The lowest BCUT2D eigenvalue weighted by Crippen LogP contribution is -2.44. The summed E-state index contributed by atoms with van der Waals surface area (Å²) in [7, 11) is 2.14. The van der Waals surface area contributed by atoms with E-state index >= 15 is 0 Å². The zero-order valence-electron chi connectivity index (χ0n) is 6.01. The summed E-state index contributed by atoms with van der Waals surface area (Å²) in [6, 6.07) is 0.775. The molecule has 2 heteroatoms. The van der Waals surface area contributed by atoms with E-state index in [0.29, 0.717) is 6.61 Å². The van der Waals surface area contributed by atoms with Crippen molar-refractivity contribution in [2.75, 3.05) is 20.2 Å². The van der Waals surface area contributed by atoms with E-state index in [1.165, 1.54) is 19.4 Å². The maximum Gasteiger partial charge on any atom is 0.0431 e. The number of hydrogen-bond acceptors (Lipinski definition) is 2. The molecule has 9 heavy (non-hydrogen) atoms. The highest BCUT2D eigenvalue weighted by Crippen LogP contribution is 2.18. The molecule has 1 saturated heterocycles. The standard InChI is InChI=1S/C7H15NO/c1-8-5-4-7(8)3-2-6-9/h7,9H,2-6H2,1H3. The molecule has 1 aliphatic rings. The smallest absolute Gasteiger partial charge is 0.0431 e. The molecule has 54 valence electrons. The molecule has 1 atom stereocenters. The summed E-state index contributed by atoms with van der Waals surface area (Å²) in [6.45, 7) is 1.60. The third-order valence-electron chi connectivity index (χ3n) is 2.13. The second-order valence-electron chi connectivity index (χ2n) is 2.79. The Kier molecular flexibility index (Phi) is 2.49. The third kappa shape index (κ3) is 1.66. The van der Waals surface area contributed by atoms with Crippen LogP contribution in [0.1, 0.15) is 19.3 Å². The van der Waals surface area contributed by atoms with Gasteiger partial charge in [0.1, 0.15) is 0 Å². The Morgan fingerprint density at radius 1 is 1.67 bits per heavy atom. The number of likely N-dealkylation sites (tertiary alicyclic amines) is 1. The van der Waals surface area contributed by atoms with E-state index in [2.05, 4.69) is 11.9 Å². The van der Waals surface area contributed by atoms with Crippen molar-refractivity contribution in [1.29, 1.82) is 0 Å². The SMILES string of the molecule is CN1CCC1CCCO. The first-order chi connectivity index (χ1) is 4.34. The van der Waals surface area contributed by atoms with Crippen LogP contribution in [0.2, 0.25) is 0 Å². The minimum absolute atomic E-state index is 0.352. The van der Waals surface area contributed by atoms with Crippen molar-refractivity contribution < 1.29 is 5.11 Å². The monoisotopic (exact) mass is 129 g/mol. The number of nitrogens with zero attached hydrogens (tertiary/aromatic N) is 1. The fourth-order valence-corrected chi connectivity index (χ4v) is 1.26. The van der Waals surface area contributed by atoms with E-state index in [0.717, 1.165) is 12.5 Å². The lowest BCUT2D eigenvalue weighted by Gasteiger charge is -2.37. The van der Waals surface area contributed by atoms with Gasteiger partial charge in [-0.25, -0.2) is 0 Å². The van der Waals surface area contributed by atoms with Gasteiger partial charge in [0, 0.05) is 12.6 Å². The molecular weight excluding hydrogens is 114 g/mol. The van der Waals surface area contributed by atoms with Crippen LogP contribution >= 0.6 is 0 Å².